The first-order valence-corrected chi connectivity index (χ1v) is 11.1. The van der Waals surface area contributed by atoms with Gasteiger partial charge in [0, 0.05) is 16.7 Å². The molecule has 2 aromatic rings. The van der Waals surface area contributed by atoms with E-state index in [2.05, 4.69) is 21.2 Å². The summed E-state index contributed by atoms with van der Waals surface area (Å²) in [6, 6.07) is 11.8. The van der Waals surface area contributed by atoms with E-state index in [1.807, 2.05) is 13.8 Å². The van der Waals surface area contributed by atoms with E-state index in [1.54, 1.807) is 42.5 Å². The molecule has 3 rings (SSSR count). The molecule has 0 spiro atoms. The van der Waals surface area contributed by atoms with Gasteiger partial charge in [0.05, 0.1) is 22.7 Å². The summed E-state index contributed by atoms with van der Waals surface area (Å²) in [5.41, 5.74) is 0.648. The Morgan fingerprint density at radius 1 is 1.16 bits per heavy atom. The molecule has 0 saturated heterocycles. The van der Waals surface area contributed by atoms with E-state index in [0.29, 0.717) is 27.2 Å². The van der Waals surface area contributed by atoms with Crippen LogP contribution in [0.2, 0.25) is 10.8 Å². The Bertz CT molecular complexity index is 1000. The fourth-order valence-electron chi connectivity index (χ4n) is 3.46. The number of hydrogen-bond acceptors (Lipinski definition) is 5. The molecule has 31 heavy (non-hydrogen) atoms. The van der Waals surface area contributed by atoms with Gasteiger partial charge in [-0.25, -0.2) is 4.79 Å². The number of carbonyl (C=O) groups is 3. The van der Waals surface area contributed by atoms with Crippen LogP contribution in [0.5, 0.6) is 5.75 Å². The Labute approximate surface area is 194 Å². The minimum atomic E-state index is -0.857. The van der Waals surface area contributed by atoms with Gasteiger partial charge in [-0.1, -0.05) is 53.5 Å². The van der Waals surface area contributed by atoms with Crippen molar-refractivity contribution in [2.24, 2.45) is 5.92 Å². The van der Waals surface area contributed by atoms with Gasteiger partial charge >= 0.3 is 13.1 Å². The summed E-state index contributed by atoms with van der Waals surface area (Å²) >= 11 is 9.37. The van der Waals surface area contributed by atoms with E-state index in [4.69, 9.17) is 20.9 Å². The van der Waals surface area contributed by atoms with Crippen LogP contribution < -0.4 is 9.97 Å². The number of hydrogen-bond donors (Lipinski definition) is 1. The number of amides is 1. The zero-order valence-electron chi connectivity index (χ0n) is 17.2. The molecule has 1 aliphatic heterocycles. The molecule has 1 amide bonds. The quantitative estimate of drug-likeness (QED) is 0.513. The van der Waals surface area contributed by atoms with Crippen molar-refractivity contribution in [3.63, 3.8) is 0 Å². The number of halogens is 2. The van der Waals surface area contributed by atoms with Gasteiger partial charge in [-0.15, -0.1) is 0 Å². The predicted molar refractivity (Wildman–Crippen MR) is 123 cm³/mol. The van der Waals surface area contributed by atoms with E-state index in [9.17, 15) is 14.4 Å². The SMILES string of the molecule is CC(C)C[C@H](CC(=O)CNC(=O)c1cc(Br)ccc1Cl)B1OC(=O)c2ccccc2O1. The normalized spacial score (nSPS) is 13.8. The van der Waals surface area contributed by atoms with E-state index in [1.165, 1.54) is 0 Å². The zero-order chi connectivity index (χ0) is 22.5. The van der Waals surface area contributed by atoms with E-state index in [-0.39, 0.29) is 36.0 Å². The molecule has 0 radical (unpaired) electrons. The summed E-state index contributed by atoms with van der Waals surface area (Å²) in [5.74, 6) is -0.727. The number of carbonyl (C=O) groups excluding carboxylic acids is 3. The highest BCUT2D eigenvalue weighted by atomic mass is 79.9. The molecule has 0 unspecified atom stereocenters. The molecule has 1 atom stereocenters. The summed E-state index contributed by atoms with van der Waals surface area (Å²) < 4.78 is 12.1. The molecular weight excluding hydrogens is 484 g/mol. The first-order chi connectivity index (χ1) is 14.7. The zero-order valence-corrected chi connectivity index (χ0v) is 19.5. The van der Waals surface area contributed by atoms with Crippen molar-refractivity contribution in [3.05, 3.63) is 63.1 Å². The van der Waals surface area contributed by atoms with Crippen molar-refractivity contribution < 1.29 is 23.7 Å². The average Bonchev–Trinajstić information content (AvgIpc) is 2.73. The second-order valence-electron chi connectivity index (χ2n) is 7.83. The lowest BCUT2D eigenvalue weighted by atomic mass is 9.64. The Hall–Kier alpha value is -2.32. The number of para-hydroxylation sites is 1. The number of Topliss-reactive ketones (excluding diaryl/α,β-unsaturated/α-hetero) is 1. The number of rotatable bonds is 8. The topological polar surface area (TPSA) is 81.7 Å². The van der Waals surface area contributed by atoms with E-state index < -0.39 is 19.0 Å². The highest BCUT2D eigenvalue weighted by Crippen LogP contribution is 2.33. The smallest absolute Gasteiger partial charge is 0.525 e. The van der Waals surface area contributed by atoms with Crippen LogP contribution in [0.15, 0.2) is 46.9 Å². The first kappa shape index (κ1) is 23.4. The van der Waals surface area contributed by atoms with Crippen molar-refractivity contribution in [3.8, 4) is 5.75 Å². The monoisotopic (exact) mass is 505 g/mol. The molecule has 162 valence electrons. The molecule has 0 aliphatic carbocycles. The summed E-state index contributed by atoms with van der Waals surface area (Å²) in [5, 5.41) is 2.91. The lowest BCUT2D eigenvalue weighted by Gasteiger charge is -2.28. The standard InChI is InChI=1S/C22H22BBrClNO5/c1-13(2)9-14(23-30-20-6-4-3-5-17(20)22(29)31-23)10-16(27)12-26-21(28)18-11-15(24)7-8-19(18)25/h3-8,11,13-14H,9-10,12H2,1-2H3,(H,26,28)/t14-/m1/s1. The van der Waals surface area contributed by atoms with Crippen LogP contribution in [0, 0.1) is 5.92 Å². The van der Waals surface area contributed by atoms with Crippen LogP contribution in [0.4, 0.5) is 0 Å². The number of benzene rings is 2. The van der Waals surface area contributed by atoms with Crippen LogP contribution >= 0.6 is 27.5 Å². The highest BCUT2D eigenvalue weighted by Gasteiger charge is 2.41. The van der Waals surface area contributed by atoms with E-state index in [0.717, 1.165) is 0 Å². The second kappa shape index (κ2) is 10.3. The first-order valence-electron chi connectivity index (χ1n) is 9.96. The van der Waals surface area contributed by atoms with Crippen molar-refractivity contribution in [2.75, 3.05) is 6.54 Å². The maximum atomic E-state index is 12.6. The highest BCUT2D eigenvalue weighted by molar-refractivity contribution is 9.10. The molecule has 0 fully saturated rings. The van der Waals surface area contributed by atoms with Gasteiger partial charge in [0.2, 0.25) is 0 Å². The lowest BCUT2D eigenvalue weighted by molar-refractivity contribution is -0.118. The van der Waals surface area contributed by atoms with Gasteiger partial charge in [-0.3, -0.25) is 9.59 Å². The van der Waals surface area contributed by atoms with Crippen molar-refractivity contribution in [1.29, 1.82) is 0 Å². The van der Waals surface area contributed by atoms with Gasteiger partial charge in [0.1, 0.15) is 5.75 Å². The average molecular weight is 507 g/mol. The molecule has 6 nitrogen and oxygen atoms in total. The minimum Gasteiger partial charge on any atom is -0.525 e. The number of ketones is 1. The molecule has 1 aliphatic rings. The summed E-state index contributed by atoms with van der Waals surface area (Å²) in [6.45, 7) is 3.88. The summed E-state index contributed by atoms with van der Waals surface area (Å²) in [7, 11) is -0.857. The molecule has 1 heterocycles. The molecule has 9 heteroatoms. The van der Waals surface area contributed by atoms with Gasteiger partial charge < -0.3 is 14.6 Å². The molecule has 0 saturated carbocycles. The lowest BCUT2D eigenvalue weighted by Crippen LogP contribution is -2.41. The van der Waals surface area contributed by atoms with Crippen LogP contribution in [-0.2, 0) is 9.45 Å². The van der Waals surface area contributed by atoms with Crippen molar-refractivity contribution in [1.82, 2.24) is 5.32 Å². The fraction of sp³-hybridized carbons (Fsp3) is 0.318. The Kier molecular flexibility index (Phi) is 7.78. The van der Waals surface area contributed by atoms with Gasteiger partial charge in [-0.05, 0) is 42.7 Å². The molecule has 2 aromatic carbocycles. The largest absolute Gasteiger partial charge is 0.600 e. The van der Waals surface area contributed by atoms with Crippen LogP contribution in [0.25, 0.3) is 0 Å². The van der Waals surface area contributed by atoms with Crippen molar-refractivity contribution in [2.45, 2.75) is 32.5 Å². The van der Waals surface area contributed by atoms with Gasteiger partial charge in [-0.2, -0.15) is 0 Å². The maximum Gasteiger partial charge on any atom is 0.600 e. The number of nitrogens with one attached hydrogen (secondary N) is 1. The number of fused-ring (bicyclic) bond motifs is 1. The Morgan fingerprint density at radius 3 is 2.65 bits per heavy atom. The molecule has 0 aromatic heterocycles. The molecule has 0 bridgehead atoms. The van der Waals surface area contributed by atoms with Crippen LogP contribution in [0.1, 0.15) is 47.4 Å². The Balaban J connectivity index is 1.64. The minimum absolute atomic E-state index is 0.102. The van der Waals surface area contributed by atoms with Gasteiger partial charge in [0.25, 0.3) is 5.91 Å². The van der Waals surface area contributed by atoms with E-state index >= 15 is 0 Å². The predicted octanol–water partition coefficient (Wildman–Crippen LogP) is 4.95. The second-order valence-corrected chi connectivity index (χ2v) is 9.15. The van der Waals surface area contributed by atoms with Crippen LogP contribution in [-0.4, -0.2) is 31.3 Å². The molecule has 1 N–H and O–H groups in total. The summed E-state index contributed by atoms with van der Waals surface area (Å²) in [4.78, 5) is 37.4. The molecular formula is C22H22BBrClNO5. The van der Waals surface area contributed by atoms with Gasteiger partial charge in [0.15, 0.2) is 5.78 Å². The maximum absolute atomic E-state index is 12.6. The summed E-state index contributed by atoms with van der Waals surface area (Å²) in [6.07, 6.45) is 0.724. The third-order valence-electron chi connectivity index (χ3n) is 4.84. The Morgan fingerprint density at radius 2 is 1.90 bits per heavy atom. The third-order valence-corrected chi connectivity index (χ3v) is 5.66. The van der Waals surface area contributed by atoms with Crippen LogP contribution in [0.3, 0.4) is 0 Å². The third kappa shape index (κ3) is 6.11. The fourth-order valence-corrected chi connectivity index (χ4v) is 4.02. The van der Waals surface area contributed by atoms with Crippen molar-refractivity contribution >= 4 is 52.3 Å².